The van der Waals surface area contributed by atoms with Gasteiger partial charge in [0.2, 0.25) is 0 Å². The number of carbonyl (C=O) groups is 1. The number of benzene rings is 1. The van der Waals surface area contributed by atoms with Crippen LogP contribution >= 0.6 is 11.6 Å². The maximum Gasteiger partial charge on any atom is 0.338 e. The fourth-order valence-corrected chi connectivity index (χ4v) is 1.35. The molecule has 78 valence electrons. The first-order valence-electron chi connectivity index (χ1n) is 4.04. The molecule has 0 aliphatic carbocycles. The predicted molar refractivity (Wildman–Crippen MR) is 53.7 cm³/mol. The summed E-state index contributed by atoms with van der Waals surface area (Å²) in [5.74, 6) is -0.716. The van der Waals surface area contributed by atoms with Gasteiger partial charge in [0.1, 0.15) is 11.8 Å². The van der Waals surface area contributed by atoms with E-state index < -0.39 is 5.97 Å². The molecule has 4 nitrogen and oxygen atoms in total. The molecular weight excluding hydrogens is 218 g/mol. The molecule has 15 heavy (non-hydrogen) atoms. The summed E-state index contributed by atoms with van der Waals surface area (Å²) in [4.78, 5) is 11.3. The van der Waals surface area contributed by atoms with E-state index in [-0.39, 0.29) is 22.8 Å². The number of aromatic hydroxyl groups is 1. The van der Waals surface area contributed by atoms with Gasteiger partial charge in [0.15, 0.2) is 0 Å². The minimum Gasteiger partial charge on any atom is -0.507 e. The second-order valence-corrected chi connectivity index (χ2v) is 3.03. The molecule has 0 aromatic heterocycles. The Morgan fingerprint density at radius 1 is 1.67 bits per heavy atom. The minimum absolute atomic E-state index is 0.0178. The van der Waals surface area contributed by atoms with E-state index in [0.29, 0.717) is 5.56 Å². The molecule has 0 spiro atoms. The van der Waals surface area contributed by atoms with Crippen molar-refractivity contribution in [2.24, 2.45) is 0 Å². The topological polar surface area (TPSA) is 70.3 Å². The first-order valence-corrected chi connectivity index (χ1v) is 4.57. The van der Waals surface area contributed by atoms with E-state index >= 15 is 0 Å². The third-order valence-corrected chi connectivity index (χ3v) is 2.18. The van der Waals surface area contributed by atoms with Crippen LogP contribution in [-0.2, 0) is 10.6 Å². The zero-order chi connectivity index (χ0) is 11.4. The van der Waals surface area contributed by atoms with Gasteiger partial charge in [-0.1, -0.05) is 0 Å². The van der Waals surface area contributed by atoms with E-state index in [4.69, 9.17) is 16.9 Å². The van der Waals surface area contributed by atoms with Crippen LogP contribution in [-0.4, -0.2) is 18.2 Å². The molecule has 0 aliphatic rings. The molecule has 0 fully saturated rings. The Morgan fingerprint density at radius 3 is 2.80 bits per heavy atom. The van der Waals surface area contributed by atoms with E-state index in [1.807, 2.05) is 0 Å². The Bertz CT molecular complexity index is 437. The summed E-state index contributed by atoms with van der Waals surface area (Å²) in [5.41, 5.74) is 0.645. The smallest absolute Gasteiger partial charge is 0.338 e. The number of rotatable bonds is 2. The van der Waals surface area contributed by atoms with Gasteiger partial charge in [0.05, 0.1) is 18.2 Å². The van der Waals surface area contributed by atoms with Gasteiger partial charge in [0.25, 0.3) is 0 Å². The van der Waals surface area contributed by atoms with E-state index in [9.17, 15) is 9.90 Å². The molecule has 0 saturated carbocycles. The Balaban J connectivity index is 3.36. The number of halogens is 1. The molecule has 1 N–H and O–H groups in total. The fraction of sp³-hybridized carbons (Fsp3) is 0.200. The zero-order valence-corrected chi connectivity index (χ0v) is 8.71. The lowest BCUT2D eigenvalue weighted by Crippen LogP contribution is -2.05. The summed E-state index contributed by atoms with van der Waals surface area (Å²) in [6.07, 6.45) is 0. The van der Waals surface area contributed by atoms with Crippen molar-refractivity contribution in [3.05, 3.63) is 28.8 Å². The van der Waals surface area contributed by atoms with Gasteiger partial charge in [-0.25, -0.2) is 4.79 Å². The van der Waals surface area contributed by atoms with E-state index in [1.165, 1.54) is 19.2 Å². The van der Waals surface area contributed by atoms with Crippen LogP contribution in [0.2, 0.25) is 0 Å². The molecule has 0 amide bonds. The highest BCUT2D eigenvalue weighted by molar-refractivity contribution is 6.17. The SMILES string of the molecule is COC(=O)c1cc(C#N)c(O)cc1CCl. The summed E-state index contributed by atoms with van der Waals surface area (Å²) in [6, 6.07) is 4.32. The standard InChI is InChI=1S/C10H8ClNO3/c1-15-10(14)8-2-7(5-12)9(13)3-6(8)4-11/h2-3,13H,4H2,1H3. The highest BCUT2D eigenvalue weighted by Crippen LogP contribution is 2.23. The van der Waals surface area contributed by atoms with Crippen LogP contribution in [0.4, 0.5) is 0 Å². The maximum absolute atomic E-state index is 11.3. The first-order chi connectivity index (χ1) is 7.13. The highest BCUT2D eigenvalue weighted by Gasteiger charge is 2.15. The number of carbonyl (C=O) groups excluding carboxylic acids is 1. The number of hydrogen-bond donors (Lipinski definition) is 1. The number of alkyl halides is 1. The average Bonchev–Trinajstić information content (AvgIpc) is 2.27. The highest BCUT2D eigenvalue weighted by atomic mass is 35.5. The number of esters is 1. The van der Waals surface area contributed by atoms with Crippen LogP contribution in [0, 0.1) is 11.3 Å². The van der Waals surface area contributed by atoms with Crippen molar-refractivity contribution >= 4 is 17.6 Å². The molecule has 1 aromatic rings. The van der Waals surface area contributed by atoms with Gasteiger partial charge in [-0.2, -0.15) is 5.26 Å². The van der Waals surface area contributed by atoms with Crippen LogP contribution < -0.4 is 0 Å². The van der Waals surface area contributed by atoms with Crippen molar-refractivity contribution in [2.45, 2.75) is 5.88 Å². The molecule has 0 saturated heterocycles. The molecule has 5 heteroatoms. The van der Waals surface area contributed by atoms with Gasteiger partial charge >= 0.3 is 5.97 Å². The van der Waals surface area contributed by atoms with E-state index in [1.54, 1.807) is 6.07 Å². The summed E-state index contributed by atoms with van der Waals surface area (Å²) in [6.45, 7) is 0. The van der Waals surface area contributed by atoms with Crippen molar-refractivity contribution < 1.29 is 14.6 Å². The molecule has 0 radical (unpaired) electrons. The third kappa shape index (κ3) is 2.20. The largest absolute Gasteiger partial charge is 0.507 e. The molecule has 0 heterocycles. The number of nitriles is 1. The third-order valence-electron chi connectivity index (χ3n) is 1.89. The van der Waals surface area contributed by atoms with Gasteiger partial charge in [-0.3, -0.25) is 0 Å². The number of phenols is 1. The second-order valence-electron chi connectivity index (χ2n) is 2.76. The number of hydrogen-bond acceptors (Lipinski definition) is 4. The molecule has 0 unspecified atom stereocenters. The summed E-state index contributed by atoms with van der Waals surface area (Å²) in [5, 5.41) is 18.0. The Hall–Kier alpha value is -1.73. The maximum atomic E-state index is 11.3. The molecule has 0 atom stereocenters. The van der Waals surface area contributed by atoms with Crippen molar-refractivity contribution in [1.82, 2.24) is 0 Å². The first kappa shape index (κ1) is 11.3. The summed E-state index contributed by atoms with van der Waals surface area (Å²) >= 11 is 5.60. The van der Waals surface area contributed by atoms with Crippen LogP contribution in [0.3, 0.4) is 0 Å². The van der Waals surface area contributed by atoms with E-state index in [0.717, 1.165) is 0 Å². The van der Waals surface area contributed by atoms with Crippen molar-refractivity contribution in [3.63, 3.8) is 0 Å². The van der Waals surface area contributed by atoms with Gasteiger partial charge in [0, 0.05) is 5.88 Å². The summed E-state index contributed by atoms with van der Waals surface area (Å²) in [7, 11) is 1.24. The van der Waals surface area contributed by atoms with Crippen molar-refractivity contribution in [2.75, 3.05) is 7.11 Å². The van der Waals surface area contributed by atoms with Crippen LogP contribution in [0.5, 0.6) is 5.75 Å². The van der Waals surface area contributed by atoms with Gasteiger partial charge in [-0.05, 0) is 17.7 Å². The van der Waals surface area contributed by atoms with Crippen LogP contribution in [0.1, 0.15) is 21.5 Å². The molecular formula is C10H8ClNO3. The van der Waals surface area contributed by atoms with Crippen molar-refractivity contribution in [1.29, 1.82) is 5.26 Å². The Kier molecular flexibility index (Phi) is 3.53. The number of phenolic OH excluding ortho intramolecular Hbond substituents is 1. The van der Waals surface area contributed by atoms with Gasteiger partial charge in [-0.15, -0.1) is 11.6 Å². The zero-order valence-electron chi connectivity index (χ0n) is 7.95. The van der Waals surface area contributed by atoms with Crippen LogP contribution in [0.25, 0.3) is 0 Å². The molecule has 0 bridgehead atoms. The second kappa shape index (κ2) is 4.67. The molecule has 1 aromatic carbocycles. The number of methoxy groups -OCH3 is 1. The lowest BCUT2D eigenvalue weighted by molar-refractivity contribution is 0.0599. The van der Waals surface area contributed by atoms with Crippen molar-refractivity contribution in [3.8, 4) is 11.8 Å². The quantitative estimate of drug-likeness (QED) is 0.615. The predicted octanol–water partition coefficient (Wildman–Crippen LogP) is 1.79. The Morgan fingerprint density at radius 2 is 2.33 bits per heavy atom. The van der Waals surface area contributed by atoms with Crippen LogP contribution in [0.15, 0.2) is 12.1 Å². The average molecular weight is 226 g/mol. The molecule has 1 rings (SSSR count). The fourth-order valence-electron chi connectivity index (χ4n) is 1.13. The number of nitrogens with zero attached hydrogens (tertiary/aromatic N) is 1. The lowest BCUT2D eigenvalue weighted by Gasteiger charge is -2.06. The molecule has 0 aliphatic heterocycles. The minimum atomic E-state index is -0.581. The summed E-state index contributed by atoms with van der Waals surface area (Å²) < 4.78 is 4.53. The number of ether oxygens (including phenoxy) is 1. The van der Waals surface area contributed by atoms with Gasteiger partial charge < -0.3 is 9.84 Å². The normalized spacial score (nSPS) is 9.40. The van der Waals surface area contributed by atoms with E-state index in [2.05, 4.69) is 4.74 Å². The lowest BCUT2D eigenvalue weighted by atomic mass is 10.0. The monoisotopic (exact) mass is 225 g/mol. The Labute approximate surface area is 91.7 Å².